The van der Waals surface area contributed by atoms with E-state index in [0.29, 0.717) is 0 Å². The quantitative estimate of drug-likeness (QED) is 0.468. The number of fused-ring (bicyclic) bond motifs is 1. The summed E-state index contributed by atoms with van der Waals surface area (Å²) in [4.78, 5) is 18.6. The number of rotatable bonds is 4. The van der Waals surface area contributed by atoms with E-state index in [1.807, 2.05) is 0 Å². The molecule has 0 atom stereocenters. The molecule has 0 saturated heterocycles. The summed E-state index contributed by atoms with van der Waals surface area (Å²) < 4.78 is 60.0. The van der Waals surface area contributed by atoms with Crippen LogP contribution in [0.1, 0.15) is 0 Å². The topological polar surface area (TPSA) is 93.6 Å². The zero-order chi connectivity index (χ0) is 21.3. The molecule has 7 nitrogen and oxygen atoms in total. The molecule has 0 spiro atoms. The first kappa shape index (κ1) is 20.4. The molecule has 2 aromatic carbocycles. The average Bonchev–Trinajstić information content (AvgIpc) is 2.63. The number of hydrogen-bond donors (Lipinski definition) is 2. The highest BCUT2D eigenvalue weighted by Gasteiger charge is 2.42. The predicted octanol–water partition coefficient (Wildman–Crippen LogP) is 4.35. The number of nitrogens with zero attached hydrogens (tertiary/aromatic N) is 2. The van der Waals surface area contributed by atoms with Crippen molar-refractivity contribution in [3.63, 3.8) is 0 Å². The van der Waals surface area contributed by atoms with E-state index >= 15 is 0 Å². The number of carbonyl (C=O) groups excluding carboxylic acids is 1. The van der Waals surface area contributed by atoms with E-state index < -0.39 is 24.0 Å². The number of phenols is 1. The zero-order valence-corrected chi connectivity index (χ0v) is 15.1. The first-order valence-corrected chi connectivity index (χ1v) is 8.06. The fraction of sp³-hybridized carbons (Fsp3) is 0.118. The molecule has 0 radical (unpaired) electrons. The number of nitrogens with one attached hydrogen (secondary N) is 1. The largest absolute Gasteiger partial charge is 0.504 e. The normalized spacial score (nSPS) is 11.4. The Balaban J connectivity index is 2.12. The molecule has 2 N–H and O–H groups in total. The number of halogens is 5. The lowest BCUT2D eigenvalue weighted by atomic mass is 10.2. The molecule has 0 unspecified atom stereocenters. The maximum atomic E-state index is 13.4. The van der Waals surface area contributed by atoms with Crippen molar-refractivity contribution in [2.24, 2.45) is 0 Å². The predicted molar refractivity (Wildman–Crippen MR) is 94.1 cm³/mol. The fourth-order valence-electron chi connectivity index (χ4n) is 2.28. The van der Waals surface area contributed by atoms with Crippen LogP contribution in [0, 0.1) is 5.82 Å². The average molecular weight is 432 g/mol. The molecule has 1 heterocycles. The molecular formula is C17H10ClF4N3O4. The van der Waals surface area contributed by atoms with Gasteiger partial charge in [0.2, 0.25) is 0 Å². The third-order valence-corrected chi connectivity index (χ3v) is 3.86. The lowest BCUT2D eigenvalue weighted by Crippen LogP contribution is -2.28. The molecule has 152 valence electrons. The number of esters is 1. The smallest absolute Gasteiger partial charge is 0.491 e. The molecule has 0 fully saturated rings. The number of carbonyl (C=O) groups is 1. The first-order chi connectivity index (χ1) is 13.6. The number of benzene rings is 2. The molecule has 0 aliphatic carbocycles. The third kappa shape index (κ3) is 4.40. The molecule has 12 heteroatoms. The molecule has 29 heavy (non-hydrogen) atoms. The van der Waals surface area contributed by atoms with Gasteiger partial charge in [0.05, 0.1) is 17.6 Å². The van der Waals surface area contributed by atoms with Crippen molar-refractivity contribution in [3.8, 4) is 17.5 Å². The van der Waals surface area contributed by atoms with E-state index in [1.165, 1.54) is 25.3 Å². The Hall–Kier alpha value is -3.34. The van der Waals surface area contributed by atoms with Gasteiger partial charge in [-0.15, -0.1) is 0 Å². The van der Waals surface area contributed by atoms with Crippen molar-refractivity contribution in [3.05, 3.63) is 41.2 Å². The minimum absolute atomic E-state index is 0.0290. The summed E-state index contributed by atoms with van der Waals surface area (Å²) in [7, 11) is 1.29. The van der Waals surface area contributed by atoms with Gasteiger partial charge in [-0.3, -0.25) is 0 Å². The van der Waals surface area contributed by atoms with E-state index in [9.17, 15) is 27.5 Å². The van der Waals surface area contributed by atoms with Crippen LogP contribution < -0.4 is 14.8 Å². The number of alkyl halides is 3. The standard InChI is InChI=1S/C17H10ClF4N3O4/c1-28-13-5-8-11(6-12(13)26)24-16(29-15(27)17(20,21)22)25-14(8)23-7-2-3-10(19)9(18)4-7/h2-6,26H,1H3,(H,23,24,25). The van der Waals surface area contributed by atoms with Crippen molar-refractivity contribution in [2.45, 2.75) is 6.18 Å². The van der Waals surface area contributed by atoms with Crippen molar-refractivity contribution in [2.75, 3.05) is 12.4 Å². The summed E-state index contributed by atoms with van der Waals surface area (Å²) >= 11 is 5.72. The molecule has 0 saturated carbocycles. The lowest BCUT2D eigenvalue weighted by Gasteiger charge is -2.13. The summed E-state index contributed by atoms with van der Waals surface area (Å²) in [5.74, 6) is -3.65. The van der Waals surface area contributed by atoms with E-state index in [4.69, 9.17) is 16.3 Å². The summed E-state index contributed by atoms with van der Waals surface area (Å²) in [5, 5.41) is 12.6. The lowest BCUT2D eigenvalue weighted by molar-refractivity contribution is -0.190. The highest BCUT2D eigenvalue weighted by atomic mass is 35.5. The van der Waals surface area contributed by atoms with Gasteiger partial charge < -0.3 is 19.9 Å². The van der Waals surface area contributed by atoms with Crippen LogP contribution in [0.4, 0.5) is 29.1 Å². The number of anilines is 2. The molecule has 3 aromatic rings. The monoisotopic (exact) mass is 431 g/mol. The van der Waals surface area contributed by atoms with Gasteiger partial charge in [0.15, 0.2) is 11.5 Å². The highest BCUT2D eigenvalue weighted by molar-refractivity contribution is 6.31. The van der Waals surface area contributed by atoms with E-state index in [0.717, 1.165) is 12.1 Å². The second kappa shape index (κ2) is 7.59. The summed E-state index contributed by atoms with van der Waals surface area (Å²) in [5.41, 5.74) is 0.176. The number of methoxy groups -OCH3 is 1. The fourth-order valence-corrected chi connectivity index (χ4v) is 2.46. The van der Waals surface area contributed by atoms with Gasteiger partial charge in [-0.2, -0.15) is 23.1 Å². The minimum atomic E-state index is -5.27. The van der Waals surface area contributed by atoms with Gasteiger partial charge in [0, 0.05) is 17.1 Å². The van der Waals surface area contributed by atoms with E-state index in [1.54, 1.807) is 0 Å². The van der Waals surface area contributed by atoms with E-state index in [-0.39, 0.29) is 38.9 Å². The van der Waals surface area contributed by atoms with Gasteiger partial charge >= 0.3 is 18.2 Å². The van der Waals surface area contributed by atoms with Gasteiger partial charge in [0.25, 0.3) is 0 Å². The van der Waals surface area contributed by atoms with Crippen LogP contribution in [0.3, 0.4) is 0 Å². The molecule has 3 rings (SSSR count). The molecule has 0 bridgehead atoms. The van der Waals surface area contributed by atoms with E-state index in [2.05, 4.69) is 20.0 Å². The zero-order valence-electron chi connectivity index (χ0n) is 14.3. The van der Waals surface area contributed by atoms with Crippen molar-refractivity contribution < 1.29 is 36.9 Å². The van der Waals surface area contributed by atoms with Crippen LogP contribution in [-0.2, 0) is 4.79 Å². The summed E-state index contributed by atoms with van der Waals surface area (Å²) in [6.07, 6.45) is -5.27. The molecule has 0 amide bonds. The summed E-state index contributed by atoms with van der Waals surface area (Å²) in [6, 6.07) is 5.06. The number of phenolic OH excluding ortho intramolecular Hbond substituents is 1. The molecule has 1 aromatic heterocycles. The number of aromatic nitrogens is 2. The number of aromatic hydroxyl groups is 1. The van der Waals surface area contributed by atoms with Crippen molar-refractivity contribution >= 4 is 40.0 Å². The number of hydrogen-bond acceptors (Lipinski definition) is 7. The van der Waals surface area contributed by atoms with Crippen molar-refractivity contribution in [1.82, 2.24) is 9.97 Å². The maximum Gasteiger partial charge on any atom is 0.491 e. The molecule has 0 aliphatic rings. The Bertz CT molecular complexity index is 1110. The highest BCUT2D eigenvalue weighted by Crippen LogP contribution is 2.35. The van der Waals surface area contributed by atoms with Crippen LogP contribution in [0.5, 0.6) is 17.5 Å². The van der Waals surface area contributed by atoms with Crippen LogP contribution >= 0.6 is 11.6 Å². The Morgan fingerprint density at radius 2 is 1.93 bits per heavy atom. The minimum Gasteiger partial charge on any atom is -0.504 e. The van der Waals surface area contributed by atoms with Crippen LogP contribution in [0.2, 0.25) is 5.02 Å². The van der Waals surface area contributed by atoms with Gasteiger partial charge in [-0.1, -0.05) is 11.6 Å². The molecule has 0 aliphatic heterocycles. The second-order valence-corrected chi connectivity index (χ2v) is 5.94. The van der Waals surface area contributed by atoms with Crippen molar-refractivity contribution in [1.29, 1.82) is 0 Å². The Kier molecular flexibility index (Phi) is 5.33. The Labute approximate surface area is 164 Å². The first-order valence-electron chi connectivity index (χ1n) is 7.68. The van der Waals surface area contributed by atoms with Gasteiger partial charge in [-0.25, -0.2) is 9.18 Å². The maximum absolute atomic E-state index is 13.4. The summed E-state index contributed by atoms with van der Waals surface area (Å²) in [6.45, 7) is 0. The Morgan fingerprint density at radius 3 is 2.55 bits per heavy atom. The van der Waals surface area contributed by atoms with Crippen LogP contribution in [0.25, 0.3) is 10.9 Å². The second-order valence-electron chi connectivity index (χ2n) is 5.54. The van der Waals surface area contributed by atoms with Crippen LogP contribution in [0.15, 0.2) is 30.3 Å². The SMILES string of the molecule is COc1cc2c(Nc3ccc(F)c(Cl)c3)nc(OC(=O)C(F)(F)F)nc2cc1O. The third-order valence-electron chi connectivity index (χ3n) is 3.57. The van der Waals surface area contributed by atoms with Gasteiger partial charge in [0.1, 0.15) is 11.6 Å². The molecular weight excluding hydrogens is 422 g/mol. The Morgan fingerprint density at radius 1 is 1.21 bits per heavy atom. The van der Waals surface area contributed by atoms with Crippen LogP contribution in [-0.4, -0.2) is 34.3 Å². The van der Waals surface area contributed by atoms with Gasteiger partial charge in [-0.05, 0) is 24.3 Å². The number of ether oxygens (including phenoxy) is 2.